The van der Waals surface area contributed by atoms with E-state index >= 15 is 0 Å². The van der Waals surface area contributed by atoms with E-state index in [-0.39, 0.29) is 11.1 Å². The summed E-state index contributed by atoms with van der Waals surface area (Å²) in [7, 11) is 3.41. The van der Waals surface area contributed by atoms with E-state index < -0.39 is 0 Å². The Morgan fingerprint density at radius 3 is 2.23 bits per heavy atom. The van der Waals surface area contributed by atoms with Gasteiger partial charge in [0, 0.05) is 42.5 Å². The Hall–Kier alpha value is -3.38. The Kier molecular flexibility index (Phi) is 9.69. The van der Waals surface area contributed by atoms with Crippen molar-refractivity contribution >= 4 is 5.69 Å². The molecule has 1 saturated heterocycles. The lowest BCUT2D eigenvalue weighted by Gasteiger charge is -2.53. The van der Waals surface area contributed by atoms with Crippen LogP contribution in [0, 0.1) is 0 Å². The van der Waals surface area contributed by atoms with Crippen LogP contribution in [0.5, 0.6) is 23.0 Å². The zero-order chi connectivity index (χ0) is 31.5. The highest BCUT2D eigenvalue weighted by atomic mass is 16.5. The fourth-order valence-corrected chi connectivity index (χ4v) is 7.67. The van der Waals surface area contributed by atoms with Crippen molar-refractivity contribution in [3.8, 4) is 23.0 Å². The standard InChI is InChI=1S/C38H52N2O4/c1-8-39(26-27-10-16-32(17-11-27)44-21-20-40-37(2,3)18-9-19-38(40,4)5)34-25-36(43-7)35(42-6)24-33(34)30-13-12-29-23-31(41)15-14-28(29)22-30/h10-11,14-17,23-25,30,41H,8-9,12-13,18-22,26H2,1-7H3. The van der Waals surface area contributed by atoms with E-state index in [1.165, 1.54) is 47.2 Å². The van der Waals surface area contributed by atoms with Crippen molar-refractivity contribution in [1.82, 2.24) is 4.90 Å². The molecule has 1 aliphatic carbocycles. The third kappa shape index (κ3) is 6.96. The number of benzene rings is 3. The number of hydrogen-bond acceptors (Lipinski definition) is 6. The average molecular weight is 601 g/mol. The van der Waals surface area contributed by atoms with Crippen molar-refractivity contribution < 1.29 is 19.3 Å². The molecule has 0 radical (unpaired) electrons. The zero-order valence-electron chi connectivity index (χ0n) is 27.9. The van der Waals surface area contributed by atoms with E-state index in [0.717, 1.165) is 56.1 Å². The fourth-order valence-electron chi connectivity index (χ4n) is 7.67. The summed E-state index contributed by atoms with van der Waals surface area (Å²) in [4.78, 5) is 5.06. The molecule has 1 fully saturated rings. The van der Waals surface area contributed by atoms with Gasteiger partial charge in [-0.15, -0.1) is 0 Å². The number of phenols is 1. The molecule has 0 spiro atoms. The maximum Gasteiger partial charge on any atom is 0.162 e. The first-order valence-corrected chi connectivity index (χ1v) is 16.4. The van der Waals surface area contributed by atoms with Gasteiger partial charge in [-0.1, -0.05) is 18.2 Å². The first-order valence-electron chi connectivity index (χ1n) is 16.4. The number of phenolic OH excluding ortho intramolecular Hbond substituents is 1. The predicted octanol–water partition coefficient (Wildman–Crippen LogP) is 8.13. The number of rotatable bonds is 11. The van der Waals surface area contributed by atoms with Gasteiger partial charge in [0.15, 0.2) is 11.5 Å². The number of aryl methyl sites for hydroxylation is 1. The normalized spacial score (nSPS) is 19.2. The summed E-state index contributed by atoms with van der Waals surface area (Å²) in [6, 6.07) is 18.7. The Morgan fingerprint density at radius 2 is 1.57 bits per heavy atom. The number of hydrogen-bond donors (Lipinski definition) is 1. The summed E-state index contributed by atoms with van der Waals surface area (Å²) >= 11 is 0. The second-order valence-corrected chi connectivity index (χ2v) is 13.8. The van der Waals surface area contributed by atoms with E-state index in [4.69, 9.17) is 14.2 Å². The van der Waals surface area contributed by atoms with Gasteiger partial charge in [0.25, 0.3) is 0 Å². The molecule has 1 heterocycles. The van der Waals surface area contributed by atoms with Gasteiger partial charge >= 0.3 is 0 Å². The first kappa shape index (κ1) is 32.0. The third-order valence-electron chi connectivity index (χ3n) is 10.0. The van der Waals surface area contributed by atoms with Gasteiger partial charge in [-0.25, -0.2) is 0 Å². The molecule has 0 bridgehead atoms. The summed E-state index contributed by atoms with van der Waals surface area (Å²) < 4.78 is 17.8. The van der Waals surface area contributed by atoms with Crippen molar-refractivity contribution in [3.05, 3.63) is 76.9 Å². The topological polar surface area (TPSA) is 54.4 Å². The molecule has 44 heavy (non-hydrogen) atoms. The lowest BCUT2D eigenvalue weighted by Crippen LogP contribution is -2.59. The quantitative estimate of drug-likeness (QED) is 0.240. The van der Waals surface area contributed by atoms with Crippen LogP contribution in [0.25, 0.3) is 0 Å². The Labute approximate surface area is 264 Å². The van der Waals surface area contributed by atoms with Crippen LogP contribution in [-0.4, -0.2) is 55.0 Å². The third-order valence-corrected chi connectivity index (χ3v) is 10.0. The number of piperidine rings is 1. The van der Waals surface area contributed by atoms with E-state index in [1.807, 2.05) is 6.07 Å². The summed E-state index contributed by atoms with van der Waals surface area (Å²) in [5, 5.41) is 9.99. The Morgan fingerprint density at radius 1 is 0.886 bits per heavy atom. The number of likely N-dealkylation sites (tertiary alicyclic amines) is 1. The molecule has 0 aromatic heterocycles. The maximum atomic E-state index is 9.99. The number of fused-ring (bicyclic) bond motifs is 1. The SMILES string of the molecule is CCN(Cc1ccc(OCCN2C(C)(C)CCCC2(C)C)cc1)c1cc(OC)c(OC)cc1C1CCc2cc(O)ccc2C1. The van der Waals surface area contributed by atoms with E-state index in [2.05, 4.69) is 86.9 Å². The highest BCUT2D eigenvalue weighted by Crippen LogP contribution is 2.44. The molecule has 3 aromatic rings. The molecular formula is C38H52N2O4. The maximum absolute atomic E-state index is 9.99. The number of anilines is 1. The molecule has 1 aliphatic heterocycles. The molecule has 0 saturated carbocycles. The van der Waals surface area contributed by atoms with Gasteiger partial charge in [-0.2, -0.15) is 0 Å². The molecule has 6 nitrogen and oxygen atoms in total. The summed E-state index contributed by atoms with van der Waals surface area (Å²) in [6.07, 6.45) is 6.67. The first-order chi connectivity index (χ1) is 21.0. The molecule has 1 N–H and O–H groups in total. The zero-order valence-corrected chi connectivity index (χ0v) is 27.9. The predicted molar refractivity (Wildman–Crippen MR) is 180 cm³/mol. The molecule has 1 unspecified atom stereocenters. The van der Waals surface area contributed by atoms with Gasteiger partial charge < -0.3 is 24.2 Å². The fraction of sp³-hybridized carbons (Fsp3) is 0.526. The van der Waals surface area contributed by atoms with Crippen LogP contribution in [-0.2, 0) is 19.4 Å². The molecule has 238 valence electrons. The molecule has 5 rings (SSSR count). The molecular weight excluding hydrogens is 548 g/mol. The largest absolute Gasteiger partial charge is 0.508 e. The van der Waals surface area contributed by atoms with Crippen molar-refractivity contribution in [1.29, 1.82) is 0 Å². The number of aromatic hydroxyl groups is 1. The van der Waals surface area contributed by atoms with Crippen LogP contribution >= 0.6 is 0 Å². The van der Waals surface area contributed by atoms with E-state index in [9.17, 15) is 5.11 Å². The van der Waals surface area contributed by atoms with Crippen LogP contribution in [0.2, 0.25) is 0 Å². The van der Waals surface area contributed by atoms with Crippen LogP contribution < -0.4 is 19.1 Å². The number of methoxy groups -OCH3 is 2. The Balaban J connectivity index is 1.31. The summed E-state index contributed by atoms with van der Waals surface area (Å²) in [5.74, 6) is 3.12. The van der Waals surface area contributed by atoms with Gasteiger partial charge in [0.2, 0.25) is 0 Å². The Bertz CT molecular complexity index is 1400. The minimum Gasteiger partial charge on any atom is -0.508 e. The lowest BCUT2D eigenvalue weighted by atomic mass is 9.79. The van der Waals surface area contributed by atoms with Gasteiger partial charge in [-0.05, 0) is 132 Å². The molecule has 6 heteroatoms. The number of nitrogens with zero attached hydrogens (tertiary/aromatic N) is 2. The van der Waals surface area contributed by atoms with Crippen molar-refractivity contribution in [2.24, 2.45) is 0 Å². The van der Waals surface area contributed by atoms with Crippen LogP contribution in [0.1, 0.15) is 88.5 Å². The molecule has 1 atom stereocenters. The van der Waals surface area contributed by atoms with Gasteiger partial charge in [-0.3, -0.25) is 4.90 Å². The van der Waals surface area contributed by atoms with Gasteiger partial charge in [0.05, 0.1) is 14.2 Å². The minimum atomic E-state index is 0.200. The molecule has 0 amide bonds. The lowest BCUT2D eigenvalue weighted by molar-refractivity contribution is -0.0340. The molecule has 2 aliphatic rings. The highest BCUT2D eigenvalue weighted by Gasteiger charge is 2.40. The number of ether oxygens (including phenoxy) is 3. The minimum absolute atomic E-state index is 0.200. The second-order valence-electron chi connectivity index (χ2n) is 13.8. The second kappa shape index (κ2) is 13.3. The van der Waals surface area contributed by atoms with Crippen molar-refractivity contribution in [2.75, 3.05) is 38.8 Å². The highest BCUT2D eigenvalue weighted by molar-refractivity contribution is 5.64. The summed E-state index contributed by atoms with van der Waals surface area (Å²) in [5.41, 5.74) is 6.67. The monoisotopic (exact) mass is 600 g/mol. The van der Waals surface area contributed by atoms with E-state index in [0.29, 0.717) is 18.3 Å². The van der Waals surface area contributed by atoms with Crippen LogP contribution in [0.4, 0.5) is 5.69 Å². The smallest absolute Gasteiger partial charge is 0.162 e. The molecule has 3 aromatic carbocycles. The van der Waals surface area contributed by atoms with E-state index in [1.54, 1.807) is 20.3 Å². The van der Waals surface area contributed by atoms with Crippen molar-refractivity contribution in [3.63, 3.8) is 0 Å². The van der Waals surface area contributed by atoms with Gasteiger partial charge in [0.1, 0.15) is 18.1 Å². The summed E-state index contributed by atoms with van der Waals surface area (Å²) in [6.45, 7) is 14.9. The van der Waals surface area contributed by atoms with Crippen molar-refractivity contribution in [2.45, 2.75) is 96.7 Å². The van der Waals surface area contributed by atoms with Crippen LogP contribution in [0.15, 0.2) is 54.6 Å². The van der Waals surface area contributed by atoms with Crippen LogP contribution in [0.3, 0.4) is 0 Å². The average Bonchev–Trinajstić information content (AvgIpc) is 3.00.